The van der Waals surface area contributed by atoms with Crippen LogP contribution in [0.3, 0.4) is 0 Å². The predicted octanol–water partition coefficient (Wildman–Crippen LogP) is 4.64. The third kappa shape index (κ3) is 5.46. The summed E-state index contributed by atoms with van der Waals surface area (Å²) in [6, 6.07) is 7.40. The number of carbonyl (C=O) groups is 2. The molecule has 1 aliphatic carbocycles. The number of imide groups is 1. The largest absolute Gasteiger partial charge is 0.493 e. The molecule has 1 aliphatic heterocycles. The van der Waals surface area contributed by atoms with Gasteiger partial charge in [0.1, 0.15) is 5.75 Å². The number of aliphatic hydroxyl groups excluding tert-OH is 1. The van der Waals surface area contributed by atoms with Gasteiger partial charge < -0.3 is 9.84 Å². The normalized spacial score (nSPS) is 18.9. The zero-order valence-electron chi connectivity index (χ0n) is 18.1. The molecule has 0 aromatic heterocycles. The lowest BCUT2D eigenvalue weighted by atomic mass is 9.95. The molecule has 1 heterocycles. The summed E-state index contributed by atoms with van der Waals surface area (Å²) >= 11 is 1.28. The zero-order valence-corrected chi connectivity index (χ0v) is 18.9. The van der Waals surface area contributed by atoms with Gasteiger partial charge in [-0.3, -0.25) is 14.5 Å². The van der Waals surface area contributed by atoms with Gasteiger partial charge in [0.25, 0.3) is 11.8 Å². The second-order valence-corrected chi connectivity index (χ2v) is 9.59. The summed E-state index contributed by atoms with van der Waals surface area (Å²) in [4.78, 5) is 28.7. The van der Waals surface area contributed by atoms with Crippen LogP contribution >= 0.6 is 11.8 Å². The van der Waals surface area contributed by atoms with Crippen molar-refractivity contribution >= 4 is 29.1 Å². The molecule has 1 N–H and O–H groups in total. The molecule has 5 nitrogen and oxygen atoms in total. The van der Waals surface area contributed by atoms with E-state index in [1.54, 1.807) is 0 Å². The van der Waals surface area contributed by atoms with Gasteiger partial charge in [0.05, 0.1) is 23.7 Å². The molecule has 0 unspecified atom stereocenters. The van der Waals surface area contributed by atoms with Gasteiger partial charge in [0.15, 0.2) is 0 Å². The smallest absolute Gasteiger partial charge is 0.268 e. The van der Waals surface area contributed by atoms with Crippen LogP contribution in [0.2, 0.25) is 0 Å². The van der Waals surface area contributed by atoms with Gasteiger partial charge in [0, 0.05) is 11.8 Å². The highest BCUT2D eigenvalue weighted by Gasteiger charge is 2.42. The summed E-state index contributed by atoms with van der Waals surface area (Å²) in [6.45, 7) is 4.79. The molecule has 30 heavy (non-hydrogen) atoms. The Morgan fingerprint density at radius 2 is 1.67 bits per heavy atom. The van der Waals surface area contributed by atoms with Crippen molar-refractivity contribution in [3.63, 3.8) is 0 Å². The third-order valence-corrected chi connectivity index (χ3v) is 6.63. The lowest BCUT2D eigenvalue weighted by Gasteiger charge is -2.28. The van der Waals surface area contributed by atoms with Gasteiger partial charge in [-0.05, 0) is 36.5 Å². The summed E-state index contributed by atoms with van der Waals surface area (Å²) < 4.78 is 5.75. The van der Waals surface area contributed by atoms with E-state index in [9.17, 15) is 14.7 Å². The van der Waals surface area contributed by atoms with Crippen LogP contribution in [0.1, 0.15) is 64.4 Å². The van der Waals surface area contributed by atoms with E-state index in [4.69, 9.17) is 4.74 Å². The van der Waals surface area contributed by atoms with E-state index < -0.39 is 0 Å². The van der Waals surface area contributed by atoms with Crippen molar-refractivity contribution in [2.75, 3.05) is 19.0 Å². The second-order valence-electron chi connectivity index (χ2n) is 8.48. The van der Waals surface area contributed by atoms with E-state index in [1.807, 2.05) is 24.3 Å². The molecule has 6 heteroatoms. The van der Waals surface area contributed by atoms with Crippen molar-refractivity contribution < 1.29 is 19.4 Å². The molecule has 1 aromatic rings. The van der Waals surface area contributed by atoms with Crippen LogP contribution in [0.15, 0.2) is 29.2 Å². The molecule has 3 rings (SSSR count). The first kappa shape index (κ1) is 22.9. The number of hydrogen-bond donors (Lipinski definition) is 1. The van der Waals surface area contributed by atoms with Crippen LogP contribution < -0.4 is 4.74 Å². The number of ether oxygens (including phenoxy) is 1. The highest BCUT2D eigenvalue weighted by molar-refractivity contribution is 8.04. The fourth-order valence-electron chi connectivity index (χ4n) is 4.07. The van der Waals surface area contributed by atoms with Gasteiger partial charge >= 0.3 is 0 Å². The van der Waals surface area contributed by atoms with Crippen LogP contribution in [-0.2, 0) is 9.59 Å². The molecule has 1 saturated carbocycles. The first-order chi connectivity index (χ1) is 14.5. The second kappa shape index (κ2) is 11.0. The fourth-order valence-corrected chi connectivity index (χ4v) is 4.93. The Bertz CT molecular complexity index is 764. The van der Waals surface area contributed by atoms with E-state index in [0.29, 0.717) is 28.8 Å². The van der Waals surface area contributed by atoms with E-state index in [0.717, 1.165) is 49.8 Å². The summed E-state index contributed by atoms with van der Waals surface area (Å²) in [7, 11) is 0. The van der Waals surface area contributed by atoms with Crippen LogP contribution in [0.4, 0.5) is 0 Å². The maximum Gasteiger partial charge on any atom is 0.268 e. The van der Waals surface area contributed by atoms with Crippen molar-refractivity contribution in [1.82, 2.24) is 4.90 Å². The third-order valence-electron chi connectivity index (χ3n) is 5.58. The van der Waals surface area contributed by atoms with Gasteiger partial charge in [-0.15, -0.1) is 11.8 Å². The van der Waals surface area contributed by atoms with Crippen LogP contribution in [0, 0.1) is 5.92 Å². The number of aliphatic hydroxyl groups is 1. The lowest BCUT2D eigenvalue weighted by molar-refractivity contribution is -0.139. The van der Waals surface area contributed by atoms with Gasteiger partial charge in [-0.25, -0.2) is 0 Å². The first-order valence-corrected chi connectivity index (χ1v) is 12.1. The highest BCUT2D eigenvalue weighted by Crippen LogP contribution is 2.39. The summed E-state index contributed by atoms with van der Waals surface area (Å²) in [5.74, 6) is 1.19. The van der Waals surface area contributed by atoms with Gasteiger partial charge in [-0.1, -0.05) is 58.1 Å². The summed E-state index contributed by atoms with van der Waals surface area (Å²) in [5, 5.41) is 9.29. The van der Waals surface area contributed by atoms with Crippen LogP contribution in [-0.4, -0.2) is 46.8 Å². The molecule has 0 bridgehead atoms. The van der Waals surface area contributed by atoms with E-state index in [1.165, 1.54) is 23.1 Å². The molecule has 1 aromatic carbocycles. The van der Waals surface area contributed by atoms with Crippen molar-refractivity contribution in [1.29, 1.82) is 0 Å². The SMILES string of the molecule is CC(C)COc1ccc(C2=C(SCCO)C(=O)N(C3CCCCCCC3)C2=O)cc1. The van der Waals surface area contributed by atoms with E-state index in [2.05, 4.69) is 13.8 Å². The Balaban J connectivity index is 1.86. The quantitative estimate of drug-likeness (QED) is 0.608. The fraction of sp³-hybridized carbons (Fsp3) is 0.583. The molecular formula is C24H33NO4S. The van der Waals surface area contributed by atoms with Crippen molar-refractivity contribution in [2.45, 2.75) is 64.8 Å². The standard InChI is InChI=1S/C24H33NO4S/c1-17(2)16-29-20-12-10-18(11-13-20)21-22(30-15-14-26)24(28)25(23(21)27)19-8-6-4-3-5-7-9-19/h10-13,17,19,26H,3-9,14-16H2,1-2H3. The van der Waals surface area contributed by atoms with E-state index >= 15 is 0 Å². The Hall–Kier alpha value is -1.79. The Kier molecular flexibility index (Phi) is 8.40. The Morgan fingerprint density at radius 3 is 2.27 bits per heavy atom. The summed E-state index contributed by atoms with van der Waals surface area (Å²) in [5.41, 5.74) is 1.20. The predicted molar refractivity (Wildman–Crippen MR) is 121 cm³/mol. The average Bonchev–Trinajstić information content (AvgIpc) is 2.95. The zero-order chi connectivity index (χ0) is 21.5. The average molecular weight is 432 g/mol. The number of rotatable bonds is 8. The topological polar surface area (TPSA) is 66.8 Å². The minimum atomic E-state index is -0.195. The van der Waals surface area contributed by atoms with E-state index in [-0.39, 0.29) is 24.5 Å². The van der Waals surface area contributed by atoms with Crippen LogP contribution in [0.5, 0.6) is 5.75 Å². The first-order valence-electron chi connectivity index (χ1n) is 11.1. The lowest BCUT2D eigenvalue weighted by Crippen LogP contribution is -2.41. The minimum absolute atomic E-state index is 0.0267. The molecule has 0 radical (unpaired) electrons. The van der Waals surface area contributed by atoms with Crippen molar-refractivity contribution in [3.05, 3.63) is 34.7 Å². The molecule has 0 atom stereocenters. The molecular weight excluding hydrogens is 398 g/mol. The van der Waals surface area contributed by atoms with Gasteiger partial charge in [0.2, 0.25) is 0 Å². The Labute approximate surface area is 183 Å². The molecule has 164 valence electrons. The minimum Gasteiger partial charge on any atom is -0.493 e. The Morgan fingerprint density at radius 1 is 1.03 bits per heavy atom. The number of thioether (sulfide) groups is 1. The molecule has 0 saturated heterocycles. The number of benzene rings is 1. The van der Waals surface area contributed by atoms with Gasteiger partial charge in [-0.2, -0.15) is 0 Å². The monoisotopic (exact) mass is 431 g/mol. The highest BCUT2D eigenvalue weighted by atomic mass is 32.2. The number of carbonyl (C=O) groups excluding carboxylic acids is 2. The van der Waals surface area contributed by atoms with Crippen LogP contribution in [0.25, 0.3) is 5.57 Å². The number of hydrogen-bond acceptors (Lipinski definition) is 5. The number of amides is 2. The van der Waals surface area contributed by atoms with Crippen molar-refractivity contribution in [2.24, 2.45) is 5.92 Å². The molecule has 2 amide bonds. The molecule has 1 fully saturated rings. The molecule has 0 spiro atoms. The molecule has 2 aliphatic rings. The number of nitrogens with zero attached hydrogens (tertiary/aromatic N) is 1. The summed E-state index contributed by atoms with van der Waals surface area (Å²) in [6.07, 6.45) is 7.43. The maximum absolute atomic E-state index is 13.4. The van der Waals surface area contributed by atoms with Crippen molar-refractivity contribution in [3.8, 4) is 5.75 Å². The maximum atomic E-state index is 13.4.